The summed E-state index contributed by atoms with van der Waals surface area (Å²) in [5.41, 5.74) is 1.88. The molecule has 170 valence electrons. The minimum Gasteiger partial charge on any atom is -0.339 e. The van der Waals surface area contributed by atoms with Crippen molar-refractivity contribution >= 4 is 40.8 Å². The average molecular weight is 468 g/mol. The van der Waals surface area contributed by atoms with E-state index in [0.717, 1.165) is 16.7 Å². The van der Waals surface area contributed by atoms with Gasteiger partial charge in [-0.3, -0.25) is 24.1 Å². The van der Waals surface area contributed by atoms with E-state index in [0.29, 0.717) is 47.8 Å². The minimum absolute atomic E-state index is 0.00790. The molecule has 4 amide bonds. The third-order valence-electron chi connectivity index (χ3n) is 5.60. The first-order chi connectivity index (χ1) is 15.8. The van der Waals surface area contributed by atoms with E-state index in [2.05, 4.69) is 0 Å². The van der Waals surface area contributed by atoms with Gasteiger partial charge in [0.25, 0.3) is 17.1 Å². The first-order valence-corrected chi connectivity index (χ1v) is 11.3. The molecule has 0 aromatic heterocycles. The zero-order chi connectivity index (χ0) is 23.5. The van der Waals surface area contributed by atoms with Crippen molar-refractivity contribution in [3.05, 3.63) is 75.9 Å². The van der Waals surface area contributed by atoms with Gasteiger partial charge in [0.15, 0.2) is 0 Å². The van der Waals surface area contributed by atoms with Crippen LogP contribution < -0.4 is 0 Å². The first-order valence-electron chi connectivity index (χ1n) is 10.5. The van der Waals surface area contributed by atoms with E-state index in [4.69, 9.17) is 0 Å². The zero-order valence-corrected chi connectivity index (χ0v) is 18.8. The van der Waals surface area contributed by atoms with E-state index < -0.39 is 5.91 Å². The van der Waals surface area contributed by atoms with Gasteiger partial charge in [0.1, 0.15) is 5.82 Å². The fraction of sp³-hybridized carbons (Fsp3) is 0.250. The van der Waals surface area contributed by atoms with E-state index in [9.17, 15) is 23.6 Å². The fourth-order valence-corrected chi connectivity index (χ4v) is 4.53. The molecule has 0 aliphatic carbocycles. The highest BCUT2D eigenvalue weighted by molar-refractivity contribution is 8.18. The number of carbonyl (C=O) groups excluding carboxylic acids is 4. The van der Waals surface area contributed by atoms with Crippen LogP contribution in [0.5, 0.6) is 0 Å². The summed E-state index contributed by atoms with van der Waals surface area (Å²) in [6, 6.07) is 12.5. The Hall–Kier alpha value is -3.46. The monoisotopic (exact) mass is 467 g/mol. The summed E-state index contributed by atoms with van der Waals surface area (Å²) >= 11 is 0.852. The summed E-state index contributed by atoms with van der Waals surface area (Å²) in [7, 11) is 0. The SMILES string of the molecule is CC(=O)N1CCN(C(=O)c2ccc(/C=C3\SC(=O)N(Cc4ccc(F)cc4)C3=O)cc2)CC1. The van der Waals surface area contributed by atoms with E-state index in [1.807, 2.05) is 0 Å². The lowest BCUT2D eigenvalue weighted by molar-refractivity contribution is -0.130. The number of amides is 4. The summed E-state index contributed by atoms with van der Waals surface area (Å²) < 4.78 is 13.1. The van der Waals surface area contributed by atoms with Crippen molar-refractivity contribution in [2.75, 3.05) is 26.2 Å². The molecule has 0 spiro atoms. The lowest BCUT2D eigenvalue weighted by Gasteiger charge is -2.34. The molecule has 0 bridgehead atoms. The van der Waals surface area contributed by atoms with Gasteiger partial charge < -0.3 is 9.80 Å². The topological polar surface area (TPSA) is 78.0 Å². The normalized spacial score (nSPS) is 17.8. The molecule has 2 aliphatic rings. The number of imide groups is 1. The lowest BCUT2D eigenvalue weighted by Crippen LogP contribution is -2.50. The maximum Gasteiger partial charge on any atom is 0.293 e. The summed E-state index contributed by atoms with van der Waals surface area (Å²) in [6.45, 7) is 3.61. The van der Waals surface area contributed by atoms with Crippen molar-refractivity contribution in [1.82, 2.24) is 14.7 Å². The second kappa shape index (κ2) is 9.58. The van der Waals surface area contributed by atoms with Crippen LogP contribution in [0.2, 0.25) is 0 Å². The molecule has 7 nitrogen and oxygen atoms in total. The molecule has 2 aromatic carbocycles. The molecule has 0 atom stereocenters. The minimum atomic E-state index is -0.405. The maximum atomic E-state index is 13.1. The van der Waals surface area contributed by atoms with Crippen molar-refractivity contribution < 1.29 is 23.6 Å². The van der Waals surface area contributed by atoms with Crippen LogP contribution in [-0.2, 0) is 16.1 Å². The molecule has 33 heavy (non-hydrogen) atoms. The van der Waals surface area contributed by atoms with Crippen molar-refractivity contribution in [1.29, 1.82) is 0 Å². The standard InChI is InChI=1S/C24H22FN3O4S/c1-16(29)26-10-12-27(13-11-26)22(30)19-6-2-17(3-7-19)14-21-23(31)28(24(32)33-21)15-18-4-8-20(25)9-5-18/h2-9,14H,10-13,15H2,1H3/b21-14-. The number of halogens is 1. The number of piperazine rings is 1. The molecule has 4 rings (SSSR count). The van der Waals surface area contributed by atoms with Crippen LogP contribution in [0.4, 0.5) is 9.18 Å². The maximum absolute atomic E-state index is 13.1. The lowest BCUT2D eigenvalue weighted by atomic mass is 10.1. The molecular formula is C24H22FN3O4S. The van der Waals surface area contributed by atoms with Crippen LogP contribution in [0.3, 0.4) is 0 Å². The Morgan fingerprint density at radius 1 is 0.939 bits per heavy atom. The predicted molar refractivity (Wildman–Crippen MR) is 123 cm³/mol. The molecule has 2 heterocycles. The van der Waals surface area contributed by atoms with Crippen LogP contribution in [0, 0.1) is 5.82 Å². The van der Waals surface area contributed by atoms with Gasteiger partial charge in [0.05, 0.1) is 11.4 Å². The highest BCUT2D eigenvalue weighted by Crippen LogP contribution is 2.33. The molecular weight excluding hydrogens is 445 g/mol. The Labute approximate surface area is 194 Å². The molecule has 0 unspecified atom stereocenters. The molecule has 2 aromatic rings. The number of hydrogen-bond acceptors (Lipinski definition) is 5. The zero-order valence-electron chi connectivity index (χ0n) is 18.0. The highest BCUT2D eigenvalue weighted by Gasteiger charge is 2.35. The summed E-state index contributed by atoms with van der Waals surface area (Å²) in [5.74, 6) is -0.885. The molecule has 2 aliphatic heterocycles. The van der Waals surface area contributed by atoms with Gasteiger partial charge in [-0.25, -0.2) is 4.39 Å². The number of benzene rings is 2. The smallest absolute Gasteiger partial charge is 0.293 e. The van der Waals surface area contributed by atoms with Gasteiger partial charge in [-0.05, 0) is 53.2 Å². The molecule has 0 radical (unpaired) electrons. The second-order valence-corrected chi connectivity index (χ2v) is 8.81. The van der Waals surface area contributed by atoms with E-state index in [1.165, 1.54) is 31.2 Å². The quantitative estimate of drug-likeness (QED) is 0.645. The van der Waals surface area contributed by atoms with E-state index in [1.54, 1.807) is 40.1 Å². The third kappa shape index (κ3) is 5.14. The molecule has 0 N–H and O–H groups in total. The Morgan fingerprint density at radius 2 is 1.55 bits per heavy atom. The Morgan fingerprint density at radius 3 is 2.15 bits per heavy atom. The van der Waals surface area contributed by atoms with Crippen LogP contribution >= 0.6 is 11.8 Å². The second-order valence-electron chi connectivity index (χ2n) is 7.81. The van der Waals surface area contributed by atoms with Gasteiger partial charge in [-0.2, -0.15) is 0 Å². The number of thioether (sulfide) groups is 1. The predicted octanol–water partition coefficient (Wildman–Crippen LogP) is 3.37. The molecule has 9 heteroatoms. The van der Waals surface area contributed by atoms with E-state index >= 15 is 0 Å². The van der Waals surface area contributed by atoms with Crippen molar-refractivity contribution in [3.63, 3.8) is 0 Å². The number of nitrogens with zero attached hydrogens (tertiary/aromatic N) is 3. The average Bonchev–Trinajstić information content (AvgIpc) is 3.08. The van der Waals surface area contributed by atoms with Crippen molar-refractivity contribution in [3.8, 4) is 0 Å². The van der Waals surface area contributed by atoms with Gasteiger partial charge in [-0.1, -0.05) is 24.3 Å². The summed E-state index contributed by atoms with van der Waals surface area (Å²) in [4.78, 5) is 54.1. The first kappa shape index (κ1) is 22.7. The van der Waals surface area contributed by atoms with Crippen molar-refractivity contribution in [2.45, 2.75) is 13.5 Å². The van der Waals surface area contributed by atoms with Crippen LogP contribution in [0.15, 0.2) is 53.4 Å². The third-order valence-corrected chi connectivity index (χ3v) is 6.50. The summed E-state index contributed by atoms with van der Waals surface area (Å²) in [5, 5.41) is -0.382. The van der Waals surface area contributed by atoms with Gasteiger partial charge in [0.2, 0.25) is 5.91 Å². The molecule has 0 saturated carbocycles. The Bertz CT molecular complexity index is 1120. The number of carbonyl (C=O) groups is 4. The Balaban J connectivity index is 1.40. The van der Waals surface area contributed by atoms with Gasteiger partial charge in [-0.15, -0.1) is 0 Å². The largest absolute Gasteiger partial charge is 0.339 e. The summed E-state index contributed by atoms with van der Waals surface area (Å²) in [6.07, 6.45) is 1.62. The van der Waals surface area contributed by atoms with Crippen LogP contribution in [0.1, 0.15) is 28.4 Å². The molecule has 2 saturated heterocycles. The number of hydrogen-bond donors (Lipinski definition) is 0. The van der Waals surface area contributed by atoms with Crippen LogP contribution in [0.25, 0.3) is 6.08 Å². The van der Waals surface area contributed by atoms with Crippen molar-refractivity contribution in [2.24, 2.45) is 0 Å². The number of rotatable bonds is 4. The van der Waals surface area contributed by atoms with Gasteiger partial charge in [0, 0.05) is 38.7 Å². The van der Waals surface area contributed by atoms with Crippen LogP contribution in [-0.4, -0.2) is 63.8 Å². The fourth-order valence-electron chi connectivity index (χ4n) is 3.69. The van der Waals surface area contributed by atoms with Gasteiger partial charge >= 0.3 is 0 Å². The van der Waals surface area contributed by atoms with E-state index in [-0.39, 0.29) is 29.4 Å². The Kier molecular flexibility index (Phi) is 6.60. The molecule has 2 fully saturated rings. The highest BCUT2D eigenvalue weighted by atomic mass is 32.2.